The monoisotopic (exact) mass is 868 g/mol. The van der Waals surface area contributed by atoms with Gasteiger partial charge in [-0.25, -0.2) is 0 Å². The van der Waals surface area contributed by atoms with Gasteiger partial charge >= 0.3 is 0 Å². The molecule has 346 valence electrons. The summed E-state index contributed by atoms with van der Waals surface area (Å²) in [5.74, 6) is 0. The molecule has 0 aromatic heterocycles. The Hall–Kier alpha value is 0.440. The van der Waals surface area contributed by atoms with Gasteiger partial charge < -0.3 is 21.5 Å². The molecule has 0 unspecified atom stereocenters. The van der Waals surface area contributed by atoms with Crippen molar-refractivity contribution in [1.29, 1.82) is 0 Å². The van der Waals surface area contributed by atoms with Crippen LogP contribution in [-0.4, -0.2) is 30.7 Å². The molecule has 1 nitrogen and oxygen atoms in total. The molecule has 0 aliphatic rings. The molecule has 0 saturated carbocycles. The number of unbranched alkanes of at least 4 members (excludes halogenated alkanes) is 40. The SMILES string of the molecule is CCCCCCCCCCCCCCCC[N+](C)(C)C(CCCCCCCCCCCC)(CCCCCCCCCCCC)CCCCCCCCCCCC.[Br-]. The number of halogens is 1. The molecule has 0 aromatic carbocycles. The van der Waals surface area contributed by atoms with E-state index in [1.807, 2.05) is 0 Å². The van der Waals surface area contributed by atoms with E-state index in [1.54, 1.807) is 0 Å². The molecule has 0 bridgehead atoms. The van der Waals surface area contributed by atoms with Gasteiger partial charge in [0.05, 0.1) is 26.2 Å². The zero-order chi connectivity index (χ0) is 40.9. The standard InChI is InChI=1S/C55H114N.BrH/c1-7-11-15-19-23-27-31-32-33-34-38-42-46-50-54-56(5,6)55(51-47-43-39-35-28-24-20-16-12-8-2,52-48-44-40-36-29-25-21-17-13-9-3)53-49-45-41-37-30-26-22-18-14-10-4;/h7-54H2,1-6H3;1H/q+1;/p-1. The van der Waals surface area contributed by atoms with Crippen molar-refractivity contribution < 1.29 is 21.5 Å². The van der Waals surface area contributed by atoms with Gasteiger partial charge in [-0.3, -0.25) is 0 Å². The van der Waals surface area contributed by atoms with Crippen molar-refractivity contribution in [3.63, 3.8) is 0 Å². The Morgan fingerprint density at radius 3 is 0.579 bits per heavy atom. The van der Waals surface area contributed by atoms with E-state index in [4.69, 9.17) is 0 Å². The Morgan fingerprint density at radius 2 is 0.386 bits per heavy atom. The topological polar surface area (TPSA) is 0 Å². The minimum absolute atomic E-state index is 0. The number of rotatable bonds is 49. The van der Waals surface area contributed by atoms with Gasteiger partial charge in [0.1, 0.15) is 0 Å². The van der Waals surface area contributed by atoms with E-state index in [0.29, 0.717) is 5.54 Å². The summed E-state index contributed by atoms with van der Waals surface area (Å²) in [4.78, 5) is 0. The predicted octanol–water partition coefficient (Wildman–Crippen LogP) is 17.2. The van der Waals surface area contributed by atoms with Crippen molar-refractivity contribution in [1.82, 2.24) is 0 Å². The summed E-state index contributed by atoms with van der Waals surface area (Å²) in [6, 6.07) is 0. The van der Waals surface area contributed by atoms with Crippen LogP contribution in [-0.2, 0) is 0 Å². The third kappa shape index (κ3) is 39.1. The van der Waals surface area contributed by atoms with Crippen molar-refractivity contribution in [2.24, 2.45) is 0 Å². The lowest BCUT2D eigenvalue weighted by Crippen LogP contribution is -3.00. The first kappa shape index (κ1) is 59.5. The Balaban J connectivity index is 0. The quantitative estimate of drug-likeness (QED) is 0.0422. The third-order valence-corrected chi connectivity index (χ3v) is 14.3. The summed E-state index contributed by atoms with van der Waals surface area (Å²) in [6.45, 7) is 10.8. The molecule has 57 heavy (non-hydrogen) atoms. The second-order valence-electron chi connectivity index (χ2n) is 20.0. The predicted molar refractivity (Wildman–Crippen MR) is 259 cm³/mol. The second-order valence-corrected chi connectivity index (χ2v) is 20.0. The highest BCUT2D eigenvalue weighted by Crippen LogP contribution is 2.39. The Kier molecular flexibility index (Phi) is 49.6. The Bertz CT molecular complexity index is 658. The van der Waals surface area contributed by atoms with Crippen molar-refractivity contribution in [3.8, 4) is 0 Å². The van der Waals surface area contributed by atoms with Gasteiger partial charge in [0.25, 0.3) is 0 Å². The smallest absolute Gasteiger partial charge is 0.0988 e. The van der Waals surface area contributed by atoms with Crippen molar-refractivity contribution >= 4 is 0 Å². The van der Waals surface area contributed by atoms with Gasteiger partial charge in [-0.15, -0.1) is 0 Å². The third-order valence-electron chi connectivity index (χ3n) is 14.3. The maximum absolute atomic E-state index is 2.70. The fourth-order valence-electron chi connectivity index (χ4n) is 10.0. The van der Waals surface area contributed by atoms with Gasteiger partial charge in [0, 0.05) is 19.3 Å². The molecule has 0 amide bonds. The van der Waals surface area contributed by atoms with Crippen LogP contribution in [0.4, 0.5) is 0 Å². The van der Waals surface area contributed by atoms with E-state index in [1.165, 1.54) is 313 Å². The fraction of sp³-hybridized carbons (Fsp3) is 1.00. The molecule has 0 aliphatic carbocycles. The largest absolute Gasteiger partial charge is 1.00 e. The molecule has 0 aromatic rings. The second kappa shape index (κ2) is 47.5. The Labute approximate surface area is 375 Å². The minimum atomic E-state index is 0. The molecule has 0 N–H and O–H groups in total. The van der Waals surface area contributed by atoms with Crippen LogP contribution in [0.2, 0.25) is 0 Å². The summed E-state index contributed by atoms with van der Waals surface area (Å²) < 4.78 is 1.30. The maximum atomic E-state index is 2.70. The highest BCUT2D eigenvalue weighted by molar-refractivity contribution is 4.82. The van der Waals surface area contributed by atoms with Crippen molar-refractivity contribution in [3.05, 3.63) is 0 Å². The first-order chi connectivity index (χ1) is 27.5. The van der Waals surface area contributed by atoms with Crippen LogP contribution in [0.5, 0.6) is 0 Å². The van der Waals surface area contributed by atoms with Crippen molar-refractivity contribution in [2.75, 3.05) is 20.6 Å². The summed E-state index contributed by atoms with van der Waals surface area (Å²) in [7, 11) is 5.40. The minimum Gasteiger partial charge on any atom is -1.00 e. The van der Waals surface area contributed by atoms with Gasteiger partial charge in [-0.05, 0) is 32.1 Å². The van der Waals surface area contributed by atoms with Crippen LogP contribution < -0.4 is 17.0 Å². The van der Waals surface area contributed by atoms with Crippen LogP contribution in [0.1, 0.15) is 329 Å². The van der Waals surface area contributed by atoms with Crippen LogP contribution >= 0.6 is 0 Å². The van der Waals surface area contributed by atoms with E-state index in [0.717, 1.165) is 0 Å². The highest BCUT2D eigenvalue weighted by atomic mass is 79.9. The summed E-state index contributed by atoms with van der Waals surface area (Å²) in [6.07, 6.45) is 68.8. The molecule has 0 atom stereocenters. The molecule has 2 heteroatoms. The fourth-order valence-corrected chi connectivity index (χ4v) is 10.0. The molecule has 0 heterocycles. The van der Waals surface area contributed by atoms with Crippen LogP contribution in [0, 0.1) is 0 Å². The number of hydrogen-bond donors (Lipinski definition) is 0. The zero-order valence-electron chi connectivity index (χ0n) is 41.3. The van der Waals surface area contributed by atoms with E-state index in [-0.39, 0.29) is 17.0 Å². The van der Waals surface area contributed by atoms with Gasteiger partial charge in [0.15, 0.2) is 0 Å². The number of hydrogen-bond acceptors (Lipinski definition) is 0. The van der Waals surface area contributed by atoms with Crippen molar-refractivity contribution in [2.45, 2.75) is 335 Å². The molecule has 0 saturated heterocycles. The normalized spacial score (nSPS) is 12.1. The van der Waals surface area contributed by atoms with Crippen LogP contribution in [0.25, 0.3) is 0 Å². The van der Waals surface area contributed by atoms with E-state index < -0.39 is 0 Å². The average Bonchev–Trinajstić information content (AvgIpc) is 3.19. The van der Waals surface area contributed by atoms with Gasteiger partial charge in [-0.1, -0.05) is 278 Å². The lowest BCUT2D eigenvalue weighted by Gasteiger charge is -2.50. The first-order valence-corrected chi connectivity index (χ1v) is 27.3. The average molecular weight is 869 g/mol. The molecular formula is C55H114BrN. The molecule has 0 spiro atoms. The lowest BCUT2D eigenvalue weighted by molar-refractivity contribution is -0.944. The zero-order valence-corrected chi connectivity index (χ0v) is 42.9. The molecule has 0 aliphatic heterocycles. The molecule has 0 rings (SSSR count). The summed E-state index contributed by atoms with van der Waals surface area (Å²) in [5, 5.41) is 0. The van der Waals surface area contributed by atoms with Crippen LogP contribution in [0.3, 0.4) is 0 Å². The molecule has 0 radical (unpaired) electrons. The van der Waals surface area contributed by atoms with Crippen LogP contribution in [0.15, 0.2) is 0 Å². The summed E-state index contributed by atoms with van der Waals surface area (Å²) >= 11 is 0. The molecule has 0 fully saturated rings. The first-order valence-electron chi connectivity index (χ1n) is 27.3. The highest BCUT2D eigenvalue weighted by Gasteiger charge is 2.43. The van der Waals surface area contributed by atoms with Gasteiger partial charge in [-0.2, -0.15) is 0 Å². The summed E-state index contributed by atoms with van der Waals surface area (Å²) in [5.41, 5.74) is 0.497. The number of quaternary nitrogens is 1. The van der Waals surface area contributed by atoms with E-state index >= 15 is 0 Å². The van der Waals surface area contributed by atoms with E-state index in [2.05, 4.69) is 41.8 Å². The lowest BCUT2D eigenvalue weighted by atomic mass is 9.78. The van der Waals surface area contributed by atoms with E-state index in [9.17, 15) is 0 Å². The molecular weight excluding hydrogens is 755 g/mol. The van der Waals surface area contributed by atoms with Gasteiger partial charge in [0.2, 0.25) is 0 Å². The number of nitrogens with zero attached hydrogens (tertiary/aromatic N) is 1. The Morgan fingerprint density at radius 1 is 0.228 bits per heavy atom. The maximum Gasteiger partial charge on any atom is 0.0988 e.